The van der Waals surface area contributed by atoms with E-state index in [1.54, 1.807) is 0 Å². The van der Waals surface area contributed by atoms with Crippen LogP contribution in [0.5, 0.6) is 0 Å². The number of carbonyl (C=O) groups excluding carboxylic acids is 2. The molecule has 1 saturated heterocycles. The zero-order valence-corrected chi connectivity index (χ0v) is 16.3. The number of amides is 2. The molecule has 1 aromatic carbocycles. The van der Waals surface area contributed by atoms with Crippen LogP contribution in [0.3, 0.4) is 0 Å². The van der Waals surface area contributed by atoms with E-state index in [4.69, 9.17) is 0 Å². The molecule has 5 heteroatoms. The molecule has 1 unspecified atom stereocenters. The number of fused-ring (bicyclic) bond motifs is 1. The predicted molar refractivity (Wildman–Crippen MR) is 105 cm³/mol. The summed E-state index contributed by atoms with van der Waals surface area (Å²) in [5.41, 5.74) is 2.69. The normalized spacial score (nSPS) is 20.3. The second-order valence-corrected chi connectivity index (χ2v) is 7.87. The Morgan fingerprint density at radius 3 is 2.77 bits per heavy atom. The zero-order chi connectivity index (χ0) is 18.7. The van der Waals surface area contributed by atoms with Crippen LogP contribution in [0.15, 0.2) is 18.2 Å². The summed E-state index contributed by atoms with van der Waals surface area (Å²) in [5, 5.41) is 3.04. The first-order valence-corrected chi connectivity index (χ1v) is 9.94. The fourth-order valence-electron chi connectivity index (χ4n) is 3.97. The van der Waals surface area contributed by atoms with E-state index in [0.717, 1.165) is 30.8 Å². The Hall–Kier alpha value is -1.88. The Morgan fingerprint density at radius 1 is 1.23 bits per heavy atom. The molecule has 1 atom stereocenters. The van der Waals surface area contributed by atoms with Crippen molar-refractivity contribution in [2.45, 2.75) is 52.5 Å². The highest BCUT2D eigenvalue weighted by Crippen LogP contribution is 2.30. The van der Waals surface area contributed by atoms with Crippen molar-refractivity contribution in [1.29, 1.82) is 0 Å². The third-order valence-corrected chi connectivity index (χ3v) is 5.63. The van der Waals surface area contributed by atoms with Gasteiger partial charge >= 0.3 is 0 Å². The minimum absolute atomic E-state index is 0.0371. The minimum Gasteiger partial charge on any atom is -0.351 e. The number of carbonyl (C=O) groups is 2. The quantitative estimate of drug-likeness (QED) is 0.882. The summed E-state index contributed by atoms with van der Waals surface area (Å²) >= 11 is 0. The van der Waals surface area contributed by atoms with Crippen LogP contribution in [-0.4, -0.2) is 48.9 Å². The van der Waals surface area contributed by atoms with Crippen molar-refractivity contribution in [2.24, 2.45) is 5.92 Å². The second kappa shape index (κ2) is 8.21. The Labute approximate surface area is 156 Å². The first-order valence-electron chi connectivity index (χ1n) is 9.94. The van der Waals surface area contributed by atoms with Gasteiger partial charge in [0.15, 0.2) is 0 Å². The molecule has 2 heterocycles. The molecule has 26 heavy (non-hydrogen) atoms. The van der Waals surface area contributed by atoms with E-state index in [2.05, 4.69) is 17.1 Å². The lowest BCUT2D eigenvalue weighted by Crippen LogP contribution is -2.42. The van der Waals surface area contributed by atoms with E-state index in [0.29, 0.717) is 24.7 Å². The molecule has 1 aromatic rings. The van der Waals surface area contributed by atoms with Gasteiger partial charge in [0.05, 0.1) is 0 Å². The fourth-order valence-corrected chi connectivity index (χ4v) is 3.97. The number of hydrogen-bond acceptors (Lipinski definition) is 3. The van der Waals surface area contributed by atoms with E-state index in [9.17, 15) is 9.59 Å². The van der Waals surface area contributed by atoms with E-state index >= 15 is 0 Å². The Balaban J connectivity index is 1.60. The number of nitrogens with one attached hydrogen (secondary N) is 1. The van der Waals surface area contributed by atoms with Gasteiger partial charge in [-0.05, 0) is 50.4 Å². The van der Waals surface area contributed by atoms with Crippen LogP contribution in [0.25, 0.3) is 0 Å². The number of likely N-dealkylation sites (tertiary alicyclic amines) is 1. The van der Waals surface area contributed by atoms with Crippen molar-refractivity contribution in [1.82, 2.24) is 10.2 Å². The molecule has 1 fully saturated rings. The third-order valence-electron chi connectivity index (χ3n) is 5.63. The van der Waals surface area contributed by atoms with Gasteiger partial charge in [-0.25, -0.2) is 0 Å². The standard InChI is InChI=1S/C21H31N3O2/c1-15(2)21(26)24-12-9-17-7-8-18(14-19(17)24)20(25)22-10-13-23-11-5-4-6-16(23)3/h7-8,14-16H,4-6,9-13H2,1-3H3,(H,22,25). The molecule has 0 spiro atoms. The van der Waals surface area contributed by atoms with Crippen molar-refractivity contribution in [2.75, 3.05) is 31.1 Å². The summed E-state index contributed by atoms with van der Waals surface area (Å²) < 4.78 is 0. The molecular formula is C21H31N3O2. The van der Waals surface area contributed by atoms with Crippen molar-refractivity contribution in [3.63, 3.8) is 0 Å². The van der Waals surface area contributed by atoms with Gasteiger partial charge in [0.2, 0.25) is 5.91 Å². The number of benzene rings is 1. The molecule has 142 valence electrons. The van der Waals surface area contributed by atoms with E-state index in [1.807, 2.05) is 36.9 Å². The average molecular weight is 357 g/mol. The SMILES string of the molecule is CC(C)C(=O)N1CCc2ccc(C(=O)NCCN3CCCCC3C)cc21. The van der Waals surface area contributed by atoms with Gasteiger partial charge in [-0.3, -0.25) is 14.5 Å². The molecule has 2 aliphatic rings. The topological polar surface area (TPSA) is 52.7 Å². The summed E-state index contributed by atoms with van der Waals surface area (Å²) in [6.45, 7) is 9.50. The van der Waals surface area contributed by atoms with Gasteiger partial charge in [0, 0.05) is 42.8 Å². The number of nitrogens with zero attached hydrogens (tertiary/aromatic N) is 2. The van der Waals surface area contributed by atoms with Crippen molar-refractivity contribution in [3.8, 4) is 0 Å². The van der Waals surface area contributed by atoms with E-state index in [-0.39, 0.29) is 17.7 Å². The average Bonchev–Trinajstić information content (AvgIpc) is 3.05. The monoisotopic (exact) mass is 357 g/mol. The van der Waals surface area contributed by atoms with Gasteiger partial charge in [-0.2, -0.15) is 0 Å². The number of anilines is 1. The molecule has 0 saturated carbocycles. The number of hydrogen-bond donors (Lipinski definition) is 1. The summed E-state index contributed by atoms with van der Waals surface area (Å²) in [7, 11) is 0. The van der Waals surface area contributed by atoms with Gasteiger partial charge in [-0.1, -0.05) is 26.3 Å². The van der Waals surface area contributed by atoms with Crippen LogP contribution in [0, 0.1) is 5.92 Å². The Kier molecular flexibility index (Phi) is 5.97. The molecule has 3 rings (SSSR count). The lowest BCUT2D eigenvalue weighted by atomic mass is 10.0. The minimum atomic E-state index is -0.0543. The molecule has 0 aliphatic carbocycles. The molecular weight excluding hydrogens is 326 g/mol. The zero-order valence-electron chi connectivity index (χ0n) is 16.3. The van der Waals surface area contributed by atoms with Crippen LogP contribution < -0.4 is 10.2 Å². The number of piperidine rings is 1. The fraction of sp³-hybridized carbons (Fsp3) is 0.619. The van der Waals surface area contributed by atoms with Gasteiger partial charge in [0.1, 0.15) is 0 Å². The van der Waals surface area contributed by atoms with Crippen LogP contribution >= 0.6 is 0 Å². The summed E-state index contributed by atoms with van der Waals surface area (Å²) in [6, 6.07) is 6.35. The molecule has 2 amide bonds. The number of rotatable bonds is 5. The van der Waals surface area contributed by atoms with Gasteiger partial charge in [-0.15, -0.1) is 0 Å². The van der Waals surface area contributed by atoms with Crippen LogP contribution in [0.4, 0.5) is 5.69 Å². The van der Waals surface area contributed by atoms with E-state index in [1.165, 1.54) is 19.3 Å². The lowest BCUT2D eigenvalue weighted by molar-refractivity contribution is -0.121. The first-order chi connectivity index (χ1) is 12.5. The third kappa shape index (κ3) is 4.09. The molecule has 5 nitrogen and oxygen atoms in total. The first kappa shape index (κ1) is 18.9. The Morgan fingerprint density at radius 2 is 2.04 bits per heavy atom. The van der Waals surface area contributed by atoms with Crippen molar-refractivity contribution < 1.29 is 9.59 Å². The van der Waals surface area contributed by atoms with Crippen molar-refractivity contribution in [3.05, 3.63) is 29.3 Å². The molecule has 0 bridgehead atoms. The summed E-state index contributed by atoms with van der Waals surface area (Å²) in [4.78, 5) is 29.2. The predicted octanol–water partition coefficient (Wildman–Crippen LogP) is 2.84. The van der Waals surface area contributed by atoms with Gasteiger partial charge < -0.3 is 10.2 Å². The Bertz CT molecular complexity index is 671. The molecule has 0 aromatic heterocycles. The highest BCUT2D eigenvalue weighted by molar-refractivity contribution is 6.00. The smallest absolute Gasteiger partial charge is 0.251 e. The van der Waals surface area contributed by atoms with Crippen LogP contribution in [0.2, 0.25) is 0 Å². The maximum absolute atomic E-state index is 12.5. The largest absolute Gasteiger partial charge is 0.351 e. The summed E-state index contributed by atoms with van der Waals surface area (Å²) in [5.74, 6) is 0.0340. The maximum Gasteiger partial charge on any atom is 0.251 e. The molecule has 0 radical (unpaired) electrons. The second-order valence-electron chi connectivity index (χ2n) is 7.87. The maximum atomic E-state index is 12.5. The molecule has 1 N–H and O–H groups in total. The van der Waals surface area contributed by atoms with E-state index < -0.39 is 0 Å². The van der Waals surface area contributed by atoms with Crippen LogP contribution in [0.1, 0.15) is 56.0 Å². The summed E-state index contributed by atoms with van der Waals surface area (Å²) in [6.07, 6.45) is 4.68. The van der Waals surface area contributed by atoms with Gasteiger partial charge in [0.25, 0.3) is 5.91 Å². The highest BCUT2D eigenvalue weighted by Gasteiger charge is 2.27. The van der Waals surface area contributed by atoms with Crippen LogP contribution in [-0.2, 0) is 11.2 Å². The van der Waals surface area contributed by atoms with Crippen molar-refractivity contribution >= 4 is 17.5 Å². The highest BCUT2D eigenvalue weighted by atomic mass is 16.2. The lowest BCUT2D eigenvalue weighted by Gasteiger charge is -2.33. The molecule has 2 aliphatic heterocycles.